The molecular weight excluding hydrogens is 325 g/mol. The van der Waals surface area contributed by atoms with Gasteiger partial charge in [-0.3, -0.25) is 9.89 Å². The maximum atomic E-state index is 12.2. The first kappa shape index (κ1) is 20.4. The van der Waals surface area contributed by atoms with E-state index in [2.05, 4.69) is 21.9 Å². The number of guanidine groups is 1. The van der Waals surface area contributed by atoms with Gasteiger partial charge in [0.15, 0.2) is 5.96 Å². The number of alkyl halides is 3. The summed E-state index contributed by atoms with van der Waals surface area (Å²) in [6.45, 7) is 2.83. The highest BCUT2D eigenvalue weighted by molar-refractivity contribution is 7.99. The molecule has 0 amide bonds. The Labute approximate surface area is 141 Å². The molecule has 1 aliphatic carbocycles. The topological polar surface area (TPSA) is 39.7 Å². The highest BCUT2D eigenvalue weighted by Crippen LogP contribution is 2.28. The van der Waals surface area contributed by atoms with Crippen molar-refractivity contribution in [2.75, 3.05) is 39.5 Å². The van der Waals surface area contributed by atoms with Crippen molar-refractivity contribution in [3.8, 4) is 0 Å². The molecule has 136 valence electrons. The Morgan fingerprint density at radius 1 is 1.35 bits per heavy atom. The average Bonchev–Trinajstić information content (AvgIpc) is 2.89. The lowest BCUT2D eigenvalue weighted by atomic mass is 10.2. The molecule has 0 aromatic rings. The van der Waals surface area contributed by atoms with Crippen LogP contribution in [-0.4, -0.2) is 67.8 Å². The van der Waals surface area contributed by atoms with Crippen molar-refractivity contribution in [1.29, 1.82) is 0 Å². The Balaban J connectivity index is 2.32. The van der Waals surface area contributed by atoms with Crippen LogP contribution in [0.5, 0.6) is 0 Å². The Morgan fingerprint density at radius 2 is 2.09 bits per heavy atom. The zero-order valence-corrected chi connectivity index (χ0v) is 15.1. The minimum atomic E-state index is -4.13. The summed E-state index contributed by atoms with van der Waals surface area (Å²) in [6.07, 6.45) is 2.13. The number of nitrogens with one attached hydrogen (secondary N) is 2. The van der Waals surface area contributed by atoms with Gasteiger partial charge < -0.3 is 10.6 Å². The molecule has 2 atom stereocenters. The van der Waals surface area contributed by atoms with E-state index in [0.717, 1.165) is 25.3 Å². The van der Waals surface area contributed by atoms with Crippen LogP contribution in [-0.2, 0) is 0 Å². The number of rotatable bonds is 8. The summed E-state index contributed by atoms with van der Waals surface area (Å²) in [7, 11) is 1.49. The molecule has 0 spiro atoms. The maximum absolute atomic E-state index is 12.2. The van der Waals surface area contributed by atoms with Gasteiger partial charge in [0.1, 0.15) is 0 Å². The van der Waals surface area contributed by atoms with Crippen molar-refractivity contribution in [3.05, 3.63) is 0 Å². The normalized spacial score (nSPS) is 22.7. The third kappa shape index (κ3) is 9.30. The van der Waals surface area contributed by atoms with Crippen molar-refractivity contribution in [2.45, 2.75) is 50.1 Å². The number of nitrogens with zero attached hydrogens (tertiary/aromatic N) is 2. The van der Waals surface area contributed by atoms with Crippen LogP contribution in [0.4, 0.5) is 13.2 Å². The van der Waals surface area contributed by atoms with E-state index in [1.807, 2.05) is 18.7 Å². The van der Waals surface area contributed by atoms with Crippen LogP contribution in [0.2, 0.25) is 0 Å². The van der Waals surface area contributed by atoms with Crippen LogP contribution in [0, 0.1) is 0 Å². The van der Waals surface area contributed by atoms with Gasteiger partial charge in [0, 0.05) is 24.4 Å². The standard InChI is InChI=1S/C15H29F3N4S/c1-4-19-14(21-12-6-7-13(10-12)23-3)20-8-5-9-22(2)11-15(16,17)18/h12-13H,4-11H2,1-3H3,(H2,19,20,21). The minimum absolute atomic E-state index is 0.389. The molecule has 1 aliphatic rings. The van der Waals surface area contributed by atoms with E-state index in [-0.39, 0.29) is 0 Å². The predicted octanol–water partition coefficient (Wildman–Crippen LogP) is 2.71. The number of aliphatic imine (C=N–C) groups is 1. The second-order valence-electron chi connectivity index (χ2n) is 5.98. The third-order valence-corrected chi connectivity index (χ3v) is 4.91. The number of hydrogen-bond acceptors (Lipinski definition) is 3. The summed E-state index contributed by atoms with van der Waals surface area (Å²) in [5.41, 5.74) is 0. The van der Waals surface area contributed by atoms with E-state index in [1.54, 1.807) is 0 Å². The zero-order valence-electron chi connectivity index (χ0n) is 14.2. The summed E-state index contributed by atoms with van der Waals surface area (Å²) in [5.74, 6) is 0.776. The Bertz CT molecular complexity index is 363. The number of thioether (sulfide) groups is 1. The van der Waals surface area contributed by atoms with Crippen LogP contribution in [0.15, 0.2) is 4.99 Å². The van der Waals surface area contributed by atoms with Gasteiger partial charge in [0.25, 0.3) is 0 Å². The molecule has 0 aromatic heterocycles. The SMILES string of the molecule is CCNC(=NCCCN(C)CC(F)(F)F)NC1CCC(SC)C1. The van der Waals surface area contributed by atoms with Gasteiger partial charge in [-0.05, 0) is 52.5 Å². The summed E-state index contributed by atoms with van der Waals surface area (Å²) in [4.78, 5) is 5.76. The van der Waals surface area contributed by atoms with Gasteiger partial charge in [-0.1, -0.05) is 0 Å². The summed E-state index contributed by atoms with van der Waals surface area (Å²) in [5, 5.41) is 7.36. The van der Waals surface area contributed by atoms with Gasteiger partial charge in [-0.15, -0.1) is 0 Å². The lowest BCUT2D eigenvalue weighted by Gasteiger charge is -2.19. The molecule has 0 aliphatic heterocycles. The molecule has 4 nitrogen and oxygen atoms in total. The van der Waals surface area contributed by atoms with E-state index in [9.17, 15) is 13.2 Å². The summed E-state index contributed by atoms with van der Waals surface area (Å²) >= 11 is 1.91. The van der Waals surface area contributed by atoms with Crippen molar-refractivity contribution in [3.63, 3.8) is 0 Å². The molecule has 1 fully saturated rings. The highest BCUT2D eigenvalue weighted by Gasteiger charge is 2.28. The van der Waals surface area contributed by atoms with Gasteiger partial charge >= 0.3 is 6.18 Å². The largest absolute Gasteiger partial charge is 0.401 e. The smallest absolute Gasteiger partial charge is 0.357 e. The average molecular weight is 354 g/mol. The monoisotopic (exact) mass is 354 g/mol. The van der Waals surface area contributed by atoms with E-state index in [1.165, 1.54) is 18.4 Å². The third-order valence-electron chi connectivity index (χ3n) is 3.82. The fourth-order valence-corrected chi connectivity index (χ4v) is 3.51. The zero-order chi connectivity index (χ0) is 17.3. The molecular formula is C15H29F3N4S. The van der Waals surface area contributed by atoms with E-state index >= 15 is 0 Å². The number of halogens is 3. The predicted molar refractivity (Wildman–Crippen MR) is 92.2 cm³/mol. The highest BCUT2D eigenvalue weighted by atomic mass is 32.2. The fraction of sp³-hybridized carbons (Fsp3) is 0.933. The first-order valence-corrected chi connectivity index (χ1v) is 9.45. The van der Waals surface area contributed by atoms with Gasteiger partial charge in [0.05, 0.1) is 6.54 Å². The van der Waals surface area contributed by atoms with E-state index in [0.29, 0.717) is 30.8 Å². The lowest BCUT2D eigenvalue weighted by molar-refractivity contribution is -0.143. The fourth-order valence-electron chi connectivity index (χ4n) is 2.72. The molecule has 1 saturated carbocycles. The molecule has 0 radical (unpaired) electrons. The first-order valence-electron chi connectivity index (χ1n) is 8.17. The van der Waals surface area contributed by atoms with Crippen LogP contribution < -0.4 is 10.6 Å². The van der Waals surface area contributed by atoms with Gasteiger partial charge in [0.2, 0.25) is 0 Å². The van der Waals surface area contributed by atoms with Crippen molar-refractivity contribution < 1.29 is 13.2 Å². The number of hydrogen-bond donors (Lipinski definition) is 2. The molecule has 1 rings (SSSR count). The Hall–Kier alpha value is -0.630. The van der Waals surface area contributed by atoms with Crippen molar-refractivity contribution in [1.82, 2.24) is 15.5 Å². The molecule has 0 bridgehead atoms. The van der Waals surface area contributed by atoms with Crippen LogP contribution in [0.3, 0.4) is 0 Å². The minimum Gasteiger partial charge on any atom is -0.357 e. The van der Waals surface area contributed by atoms with Gasteiger partial charge in [-0.2, -0.15) is 24.9 Å². The summed E-state index contributed by atoms with van der Waals surface area (Å²) < 4.78 is 36.7. The molecule has 8 heteroatoms. The van der Waals surface area contributed by atoms with E-state index < -0.39 is 12.7 Å². The molecule has 2 unspecified atom stereocenters. The van der Waals surface area contributed by atoms with Crippen LogP contribution >= 0.6 is 11.8 Å². The van der Waals surface area contributed by atoms with Crippen molar-refractivity contribution in [2.24, 2.45) is 4.99 Å². The quantitative estimate of drug-likeness (QED) is 0.399. The second kappa shape index (κ2) is 10.3. The molecule has 0 saturated heterocycles. The molecule has 23 heavy (non-hydrogen) atoms. The Kier molecular flexibility index (Phi) is 9.12. The molecule has 0 aromatic carbocycles. The van der Waals surface area contributed by atoms with Gasteiger partial charge in [-0.25, -0.2) is 0 Å². The molecule has 0 heterocycles. The lowest BCUT2D eigenvalue weighted by Crippen LogP contribution is -2.42. The van der Waals surface area contributed by atoms with Crippen LogP contribution in [0.1, 0.15) is 32.6 Å². The van der Waals surface area contributed by atoms with E-state index in [4.69, 9.17) is 0 Å². The second-order valence-corrected chi connectivity index (χ2v) is 7.12. The molecule has 2 N–H and O–H groups in total. The van der Waals surface area contributed by atoms with Crippen molar-refractivity contribution >= 4 is 17.7 Å². The van der Waals surface area contributed by atoms with Crippen LogP contribution in [0.25, 0.3) is 0 Å². The summed E-state index contributed by atoms with van der Waals surface area (Å²) in [6, 6.07) is 0.443. The maximum Gasteiger partial charge on any atom is 0.401 e. The Morgan fingerprint density at radius 3 is 2.65 bits per heavy atom. The first-order chi connectivity index (χ1) is 10.8.